The predicted octanol–water partition coefficient (Wildman–Crippen LogP) is 2.41. The predicted molar refractivity (Wildman–Crippen MR) is 53.2 cm³/mol. The second-order valence-electron chi connectivity index (χ2n) is 2.45. The van der Waals surface area contributed by atoms with Crippen molar-refractivity contribution in [1.82, 2.24) is 4.98 Å². The molecule has 0 aliphatic heterocycles. The van der Waals surface area contributed by atoms with Crippen molar-refractivity contribution in [3.63, 3.8) is 0 Å². The van der Waals surface area contributed by atoms with Crippen LogP contribution in [-0.2, 0) is 0 Å². The maximum Gasteiger partial charge on any atom is 0.128 e. The van der Waals surface area contributed by atoms with E-state index in [-0.39, 0.29) is 0 Å². The summed E-state index contributed by atoms with van der Waals surface area (Å²) in [6, 6.07) is 3.68. The number of aromatic nitrogens is 1. The number of nitrogens with zero attached hydrogens (tertiary/aromatic N) is 2. The molecule has 0 radical (unpaired) electrons. The van der Waals surface area contributed by atoms with Gasteiger partial charge in [-0.15, -0.1) is 11.6 Å². The van der Waals surface area contributed by atoms with Crippen LogP contribution >= 0.6 is 23.2 Å². The van der Waals surface area contributed by atoms with Gasteiger partial charge in [0, 0.05) is 25.7 Å². The topological polar surface area (TPSA) is 16.1 Å². The minimum Gasteiger partial charge on any atom is -0.358 e. The SMILES string of the molecule is CN(CCCl)c1ccc(Cl)cn1. The number of rotatable bonds is 3. The lowest BCUT2D eigenvalue weighted by Gasteiger charge is -2.15. The molecule has 0 N–H and O–H groups in total. The summed E-state index contributed by atoms with van der Waals surface area (Å²) in [7, 11) is 1.94. The minimum absolute atomic E-state index is 0.598. The Hall–Kier alpha value is -0.470. The molecule has 0 aliphatic rings. The Balaban J connectivity index is 2.68. The lowest BCUT2D eigenvalue weighted by atomic mass is 10.4. The molecule has 0 fully saturated rings. The Morgan fingerprint density at radius 2 is 2.25 bits per heavy atom. The molecular weight excluding hydrogens is 195 g/mol. The second kappa shape index (κ2) is 4.53. The molecular formula is C8H10Cl2N2. The first-order valence-electron chi connectivity index (χ1n) is 3.62. The van der Waals surface area contributed by atoms with E-state index in [4.69, 9.17) is 23.2 Å². The molecule has 66 valence electrons. The summed E-state index contributed by atoms with van der Waals surface area (Å²) in [5, 5.41) is 0.651. The van der Waals surface area contributed by atoms with Crippen molar-refractivity contribution in [2.24, 2.45) is 0 Å². The van der Waals surface area contributed by atoms with Crippen molar-refractivity contribution in [2.75, 3.05) is 24.4 Å². The summed E-state index contributed by atoms with van der Waals surface area (Å²) in [6.45, 7) is 0.788. The normalized spacial score (nSPS) is 9.92. The van der Waals surface area contributed by atoms with E-state index < -0.39 is 0 Å². The van der Waals surface area contributed by atoms with Gasteiger partial charge in [-0.3, -0.25) is 0 Å². The molecule has 0 saturated carbocycles. The fraction of sp³-hybridized carbons (Fsp3) is 0.375. The highest BCUT2D eigenvalue weighted by molar-refractivity contribution is 6.30. The zero-order chi connectivity index (χ0) is 8.97. The molecule has 0 unspecified atom stereocenters. The number of anilines is 1. The average molecular weight is 205 g/mol. The van der Waals surface area contributed by atoms with Gasteiger partial charge in [-0.1, -0.05) is 11.6 Å². The number of alkyl halides is 1. The molecule has 1 rings (SSSR count). The zero-order valence-corrected chi connectivity index (χ0v) is 8.31. The van der Waals surface area contributed by atoms with Crippen LogP contribution < -0.4 is 4.90 Å². The van der Waals surface area contributed by atoms with E-state index >= 15 is 0 Å². The summed E-state index contributed by atoms with van der Waals surface area (Å²) in [6.07, 6.45) is 1.63. The van der Waals surface area contributed by atoms with Crippen LogP contribution in [-0.4, -0.2) is 24.5 Å². The quantitative estimate of drug-likeness (QED) is 0.704. The molecule has 0 aliphatic carbocycles. The van der Waals surface area contributed by atoms with Crippen molar-refractivity contribution in [2.45, 2.75) is 0 Å². The van der Waals surface area contributed by atoms with E-state index in [0.29, 0.717) is 10.9 Å². The van der Waals surface area contributed by atoms with Gasteiger partial charge in [0.15, 0.2) is 0 Å². The van der Waals surface area contributed by atoms with Gasteiger partial charge in [0.2, 0.25) is 0 Å². The van der Waals surface area contributed by atoms with Gasteiger partial charge in [-0.2, -0.15) is 0 Å². The van der Waals surface area contributed by atoms with Gasteiger partial charge in [-0.25, -0.2) is 4.98 Å². The van der Waals surface area contributed by atoms with E-state index in [0.717, 1.165) is 12.4 Å². The van der Waals surface area contributed by atoms with E-state index in [1.807, 2.05) is 24.1 Å². The first kappa shape index (κ1) is 9.62. The molecule has 12 heavy (non-hydrogen) atoms. The van der Waals surface area contributed by atoms with Crippen molar-refractivity contribution < 1.29 is 0 Å². The fourth-order valence-electron chi connectivity index (χ4n) is 0.835. The van der Waals surface area contributed by atoms with Crippen LogP contribution in [0.2, 0.25) is 5.02 Å². The molecule has 1 aromatic heterocycles. The van der Waals surface area contributed by atoms with Crippen LogP contribution in [0.5, 0.6) is 0 Å². The van der Waals surface area contributed by atoms with Gasteiger partial charge >= 0.3 is 0 Å². The van der Waals surface area contributed by atoms with Crippen LogP contribution in [0.15, 0.2) is 18.3 Å². The molecule has 0 bridgehead atoms. The van der Waals surface area contributed by atoms with E-state index in [1.54, 1.807) is 6.20 Å². The fourth-order valence-corrected chi connectivity index (χ4v) is 1.20. The Morgan fingerprint density at radius 3 is 2.75 bits per heavy atom. The Kier molecular flexibility index (Phi) is 3.63. The molecule has 0 spiro atoms. The van der Waals surface area contributed by atoms with Crippen molar-refractivity contribution in [1.29, 1.82) is 0 Å². The van der Waals surface area contributed by atoms with Crippen LogP contribution in [0, 0.1) is 0 Å². The smallest absolute Gasteiger partial charge is 0.128 e. The molecule has 0 saturated heterocycles. The third kappa shape index (κ3) is 2.54. The van der Waals surface area contributed by atoms with Gasteiger partial charge < -0.3 is 4.90 Å². The first-order chi connectivity index (χ1) is 5.74. The van der Waals surface area contributed by atoms with E-state index in [2.05, 4.69) is 4.98 Å². The second-order valence-corrected chi connectivity index (χ2v) is 3.26. The van der Waals surface area contributed by atoms with Crippen LogP contribution in [0.1, 0.15) is 0 Å². The third-order valence-electron chi connectivity index (χ3n) is 1.52. The summed E-state index contributed by atoms with van der Waals surface area (Å²) < 4.78 is 0. The summed E-state index contributed by atoms with van der Waals surface area (Å²) >= 11 is 11.3. The Labute approximate surface area is 82.1 Å². The Bertz CT molecular complexity index is 235. The van der Waals surface area contributed by atoms with Crippen LogP contribution in [0.25, 0.3) is 0 Å². The highest BCUT2D eigenvalue weighted by Crippen LogP contribution is 2.12. The monoisotopic (exact) mass is 204 g/mol. The molecule has 1 heterocycles. The van der Waals surface area contributed by atoms with E-state index in [9.17, 15) is 0 Å². The largest absolute Gasteiger partial charge is 0.358 e. The molecule has 1 aromatic rings. The Morgan fingerprint density at radius 1 is 1.50 bits per heavy atom. The van der Waals surface area contributed by atoms with Crippen LogP contribution in [0.3, 0.4) is 0 Å². The van der Waals surface area contributed by atoms with Gasteiger partial charge in [-0.05, 0) is 12.1 Å². The highest BCUT2D eigenvalue weighted by atomic mass is 35.5. The van der Waals surface area contributed by atoms with Crippen molar-refractivity contribution >= 4 is 29.0 Å². The zero-order valence-electron chi connectivity index (χ0n) is 6.80. The average Bonchev–Trinajstić information content (AvgIpc) is 2.06. The summed E-state index contributed by atoms with van der Waals surface area (Å²) in [5.74, 6) is 1.49. The molecule has 0 amide bonds. The number of hydrogen-bond donors (Lipinski definition) is 0. The van der Waals surface area contributed by atoms with Crippen LogP contribution in [0.4, 0.5) is 5.82 Å². The lowest BCUT2D eigenvalue weighted by molar-refractivity contribution is 0.943. The lowest BCUT2D eigenvalue weighted by Crippen LogP contribution is -2.20. The first-order valence-corrected chi connectivity index (χ1v) is 4.54. The summed E-state index contributed by atoms with van der Waals surface area (Å²) in [4.78, 5) is 6.11. The highest BCUT2D eigenvalue weighted by Gasteiger charge is 1.99. The van der Waals surface area contributed by atoms with Gasteiger partial charge in [0.1, 0.15) is 5.82 Å². The van der Waals surface area contributed by atoms with E-state index in [1.165, 1.54) is 0 Å². The van der Waals surface area contributed by atoms with Gasteiger partial charge in [0.05, 0.1) is 5.02 Å². The molecule has 0 aromatic carbocycles. The number of pyridine rings is 1. The maximum atomic E-state index is 5.69. The molecule has 4 heteroatoms. The standard InChI is InChI=1S/C8H10Cl2N2/c1-12(5-4-9)8-3-2-7(10)6-11-8/h2-3,6H,4-5H2,1H3. The van der Waals surface area contributed by atoms with Gasteiger partial charge in [0.25, 0.3) is 0 Å². The number of hydrogen-bond acceptors (Lipinski definition) is 2. The summed E-state index contributed by atoms with van der Waals surface area (Å²) in [5.41, 5.74) is 0. The maximum absolute atomic E-state index is 5.69. The number of halogens is 2. The van der Waals surface area contributed by atoms with Crippen molar-refractivity contribution in [3.05, 3.63) is 23.4 Å². The van der Waals surface area contributed by atoms with Crippen molar-refractivity contribution in [3.8, 4) is 0 Å². The minimum atomic E-state index is 0.598. The molecule has 0 atom stereocenters. The molecule has 2 nitrogen and oxygen atoms in total. The third-order valence-corrected chi connectivity index (χ3v) is 1.92.